The molecule has 0 saturated carbocycles. The monoisotopic (exact) mass is 377 g/mol. The van der Waals surface area contributed by atoms with E-state index in [1.165, 1.54) is 0 Å². The number of fused-ring (bicyclic) bond motifs is 1. The average molecular weight is 377 g/mol. The van der Waals surface area contributed by atoms with Crippen molar-refractivity contribution in [2.45, 2.75) is 46.6 Å². The third-order valence-electron chi connectivity index (χ3n) is 5.13. The Morgan fingerprint density at radius 3 is 2.61 bits per heavy atom. The van der Waals surface area contributed by atoms with E-state index in [2.05, 4.69) is 5.32 Å². The van der Waals surface area contributed by atoms with Gasteiger partial charge in [0.15, 0.2) is 5.78 Å². The molecule has 2 aromatic carbocycles. The summed E-state index contributed by atoms with van der Waals surface area (Å²) >= 11 is 0. The molecule has 1 atom stereocenters. The normalized spacial score (nSPS) is 12.1. The fourth-order valence-electron chi connectivity index (χ4n) is 3.50. The minimum absolute atomic E-state index is 0.0527. The van der Waals surface area contributed by atoms with Crippen LogP contribution < -0.4 is 5.32 Å². The first-order chi connectivity index (χ1) is 13.4. The van der Waals surface area contributed by atoms with E-state index in [-0.39, 0.29) is 17.7 Å². The minimum atomic E-state index is -0.257. The van der Waals surface area contributed by atoms with Crippen LogP contribution in [0.2, 0.25) is 0 Å². The molecule has 5 nitrogen and oxygen atoms in total. The number of para-hydroxylation sites is 2. The molecule has 0 saturated heterocycles. The van der Waals surface area contributed by atoms with E-state index in [4.69, 9.17) is 4.98 Å². The van der Waals surface area contributed by atoms with Crippen LogP contribution in [0.1, 0.15) is 53.6 Å². The summed E-state index contributed by atoms with van der Waals surface area (Å²) in [5.74, 6) is 0.931. The van der Waals surface area contributed by atoms with Gasteiger partial charge in [0.1, 0.15) is 5.82 Å². The molecular weight excluding hydrogens is 350 g/mol. The highest BCUT2D eigenvalue weighted by molar-refractivity contribution is 5.95. The second-order valence-electron chi connectivity index (χ2n) is 7.35. The Balaban J connectivity index is 1.68. The number of ketones is 1. The van der Waals surface area contributed by atoms with Crippen LogP contribution in [0.4, 0.5) is 0 Å². The van der Waals surface area contributed by atoms with Gasteiger partial charge in [-0.05, 0) is 57.9 Å². The number of hydrogen-bond donors (Lipinski definition) is 1. The number of carbonyl (C=O) groups is 2. The molecule has 0 aliphatic rings. The first kappa shape index (κ1) is 19.8. The first-order valence-electron chi connectivity index (χ1n) is 9.70. The zero-order valence-corrected chi connectivity index (χ0v) is 17.0. The topological polar surface area (TPSA) is 64.0 Å². The second kappa shape index (κ2) is 8.38. The van der Waals surface area contributed by atoms with Gasteiger partial charge in [-0.1, -0.05) is 29.8 Å². The number of nitrogens with one attached hydrogen (secondary N) is 1. The number of benzene rings is 2. The largest absolute Gasteiger partial charge is 0.352 e. The lowest BCUT2D eigenvalue weighted by Crippen LogP contribution is -2.26. The predicted octanol–water partition coefficient (Wildman–Crippen LogP) is 4.17. The molecule has 0 fully saturated rings. The van der Waals surface area contributed by atoms with Gasteiger partial charge in [0.25, 0.3) is 5.91 Å². The van der Waals surface area contributed by atoms with Gasteiger partial charge in [0.2, 0.25) is 0 Å². The van der Waals surface area contributed by atoms with Crippen LogP contribution in [0, 0.1) is 13.8 Å². The molecule has 5 heteroatoms. The van der Waals surface area contributed by atoms with Crippen LogP contribution in [0.15, 0.2) is 42.5 Å². The summed E-state index contributed by atoms with van der Waals surface area (Å²) in [5.41, 5.74) is 4.70. The average Bonchev–Trinajstić information content (AvgIpc) is 3.02. The predicted molar refractivity (Wildman–Crippen MR) is 112 cm³/mol. The first-order valence-corrected chi connectivity index (χ1v) is 9.70. The van der Waals surface area contributed by atoms with Gasteiger partial charge < -0.3 is 9.88 Å². The van der Waals surface area contributed by atoms with Crippen molar-refractivity contribution in [2.24, 2.45) is 0 Å². The van der Waals surface area contributed by atoms with Crippen molar-refractivity contribution in [3.63, 3.8) is 0 Å². The van der Waals surface area contributed by atoms with Gasteiger partial charge >= 0.3 is 0 Å². The van der Waals surface area contributed by atoms with Crippen molar-refractivity contribution < 1.29 is 9.59 Å². The van der Waals surface area contributed by atoms with E-state index < -0.39 is 0 Å². The van der Waals surface area contributed by atoms with Crippen LogP contribution in [-0.2, 0) is 11.2 Å². The van der Waals surface area contributed by atoms with Gasteiger partial charge in [-0.25, -0.2) is 4.98 Å². The van der Waals surface area contributed by atoms with Crippen LogP contribution >= 0.6 is 0 Å². The van der Waals surface area contributed by atoms with Crippen LogP contribution in [0.3, 0.4) is 0 Å². The molecule has 0 bridgehead atoms. The fourth-order valence-corrected chi connectivity index (χ4v) is 3.50. The SMILES string of the molecule is CC(=O)C(C)n1c(CCCNC(=O)c2ccc(C)cc2C)nc2ccccc21. The summed E-state index contributed by atoms with van der Waals surface area (Å²) in [6.45, 7) is 8.04. The molecule has 3 rings (SSSR count). The van der Waals surface area contributed by atoms with Gasteiger partial charge in [0.05, 0.1) is 17.1 Å². The molecule has 3 aromatic rings. The maximum Gasteiger partial charge on any atom is 0.251 e. The van der Waals surface area contributed by atoms with Crippen LogP contribution in [-0.4, -0.2) is 27.8 Å². The molecule has 28 heavy (non-hydrogen) atoms. The number of carbonyl (C=O) groups excluding carboxylic acids is 2. The number of aromatic nitrogens is 2. The summed E-state index contributed by atoms with van der Waals surface area (Å²) in [5, 5.41) is 2.99. The third-order valence-corrected chi connectivity index (χ3v) is 5.13. The maximum atomic E-state index is 12.4. The number of Topliss-reactive ketones (excluding diaryl/α,β-unsaturated/α-hetero) is 1. The van der Waals surface area contributed by atoms with E-state index >= 15 is 0 Å². The zero-order chi connectivity index (χ0) is 20.3. The molecule has 0 aliphatic heterocycles. The Kier molecular flexibility index (Phi) is 5.93. The Labute approximate surface area is 165 Å². The number of amides is 1. The van der Waals surface area contributed by atoms with Gasteiger partial charge in [-0.3, -0.25) is 9.59 Å². The van der Waals surface area contributed by atoms with Gasteiger partial charge in [-0.15, -0.1) is 0 Å². The second-order valence-corrected chi connectivity index (χ2v) is 7.35. The molecule has 1 unspecified atom stereocenters. The van der Waals surface area contributed by atoms with E-state index in [0.717, 1.165) is 34.4 Å². The molecule has 0 aliphatic carbocycles. The summed E-state index contributed by atoms with van der Waals surface area (Å²) < 4.78 is 2.02. The number of rotatable bonds is 7. The minimum Gasteiger partial charge on any atom is -0.352 e. The number of nitrogens with zero attached hydrogens (tertiary/aromatic N) is 2. The van der Waals surface area contributed by atoms with Crippen molar-refractivity contribution in [2.75, 3.05) is 6.54 Å². The lowest BCUT2D eigenvalue weighted by Gasteiger charge is -2.15. The Bertz CT molecular complexity index is 1020. The smallest absolute Gasteiger partial charge is 0.251 e. The van der Waals surface area contributed by atoms with Crippen molar-refractivity contribution in [3.8, 4) is 0 Å². The van der Waals surface area contributed by atoms with Crippen molar-refractivity contribution in [1.82, 2.24) is 14.9 Å². The van der Waals surface area contributed by atoms with E-state index in [1.807, 2.05) is 67.8 Å². The quantitative estimate of drug-likeness (QED) is 0.629. The zero-order valence-electron chi connectivity index (χ0n) is 17.0. The molecule has 1 aromatic heterocycles. The third kappa shape index (κ3) is 4.14. The molecule has 1 amide bonds. The highest BCUT2D eigenvalue weighted by atomic mass is 16.1. The highest BCUT2D eigenvalue weighted by Crippen LogP contribution is 2.22. The lowest BCUT2D eigenvalue weighted by molar-refractivity contribution is -0.119. The van der Waals surface area contributed by atoms with Crippen molar-refractivity contribution in [1.29, 1.82) is 0 Å². The van der Waals surface area contributed by atoms with Gasteiger partial charge in [-0.2, -0.15) is 0 Å². The Morgan fingerprint density at radius 2 is 1.89 bits per heavy atom. The van der Waals surface area contributed by atoms with Crippen molar-refractivity contribution in [3.05, 3.63) is 65.0 Å². The highest BCUT2D eigenvalue weighted by Gasteiger charge is 2.18. The summed E-state index contributed by atoms with van der Waals surface area (Å²) in [6, 6.07) is 13.4. The summed E-state index contributed by atoms with van der Waals surface area (Å²) in [7, 11) is 0. The molecule has 0 radical (unpaired) electrons. The molecular formula is C23H27N3O2. The molecule has 1 N–H and O–H groups in total. The Morgan fingerprint density at radius 1 is 1.14 bits per heavy atom. The fraction of sp³-hybridized carbons (Fsp3) is 0.348. The standard InChI is InChI=1S/C23H27N3O2/c1-15-11-12-19(16(2)14-15)23(28)24-13-7-10-22-25-20-8-5-6-9-21(20)26(22)17(3)18(4)27/h5-6,8-9,11-12,14,17H,7,10,13H2,1-4H3,(H,24,28). The van der Waals surface area contributed by atoms with E-state index in [9.17, 15) is 9.59 Å². The van der Waals surface area contributed by atoms with E-state index in [0.29, 0.717) is 18.5 Å². The van der Waals surface area contributed by atoms with Crippen molar-refractivity contribution >= 4 is 22.7 Å². The van der Waals surface area contributed by atoms with Crippen LogP contribution in [0.5, 0.6) is 0 Å². The Hall–Kier alpha value is -2.95. The maximum absolute atomic E-state index is 12.4. The number of imidazole rings is 1. The number of hydrogen-bond acceptors (Lipinski definition) is 3. The molecule has 1 heterocycles. The molecule has 146 valence electrons. The lowest BCUT2D eigenvalue weighted by atomic mass is 10.1. The van der Waals surface area contributed by atoms with Gasteiger partial charge in [0, 0.05) is 18.5 Å². The van der Waals surface area contributed by atoms with E-state index in [1.54, 1.807) is 6.92 Å². The number of aryl methyl sites for hydroxylation is 3. The van der Waals surface area contributed by atoms with Crippen LogP contribution in [0.25, 0.3) is 11.0 Å². The summed E-state index contributed by atoms with van der Waals surface area (Å²) in [4.78, 5) is 29.1. The molecule has 0 spiro atoms. The summed E-state index contributed by atoms with van der Waals surface area (Å²) in [6.07, 6.45) is 1.45.